The van der Waals surface area contributed by atoms with Crippen LogP contribution in [0, 0.1) is 12.3 Å². The summed E-state index contributed by atoms with van der Waals surface area (Å²) in [6.07, 6.45) is 5.36. The van der Waals surface area contributed by atoms with Crippen LogP contribution < -0.4 is 0 Å². The van der Waals surface area contributed by atoms with Gasteiger partial charge in [0.25, 0.3) is 0 Å². The minimum absolute atomic E-state index is 0.925. The van der Waals surface area contributed by atoms with E-state index in [4.69, 9.17) is 6.42 Å². The first-order valence-electron chi connectivity index (χ1n) is 5.57. The molecule has 1 aromatic carbocycles. The van der Waals surface area contributed by atoms with Crippen LogP contribution in [0.1, 0.15) is 5.56 Å². The van der Waals surface area contributed by atoms with Crippen molar-refractivity contribution in [2.45, 2.75) is 0 Å². The third-order valence-electron chi connectivity index (χ3n) is 2.71. The summed E-state index contributed by atoms with van der Waals surface area (Å²) in [5.41, 5.74) is 2.15. The Hall–Kier alpha value is -1.82. The van der Waals surface area contributed by atoms with E-state index in [0.717, 1.165) is 5.56 Å². The van der Waals surface area contributed by atoms with Crippen molar-refractivity contribution >= 4 is 22.7 Å². The van der Waals surface area contributed by atoms with Crippen molar-refractivity contribution < 1.29 is 0 Å². The molecular formula is C16H10S2. The molecule has 18 heavy (non-hydrogen) atoms. The molecule has 0 aliphatic carbocycles. The lowest BCUT2D eigenvalue weighted by atomic mass is 10.1. The monoisotopic (exact) mass is 266 g/mol. The van der Waals surface area contributed by atoms with Crippen molar-refractivity contribution in [2.24, 2.45) is 0 Å². The summed E-state index contributed by atoms with van der Waals surface area (Å²) in [7, 11) is 0. The fourth-order valence-electron chi connectivity index (χ4n) is 1.77. The van der Waals surface area contributed by atoms with Crippen LogP contribution in [0.25, 0.3) is 20.2 Å². The van der Waals surface area contributed by atoms with Gasteiger partial charge in [-0.25, -0.2) is 0 Å². The number of hydrogen-bond acceptors (Lipinski definition) is 2. The molecule has 2 aromatic heterocycles. The van der Waals surface area contributed by atoms with E-state index in [9.17, 15) is 0 Å². The highest BCUT2D eigenvalue weighted by molar-refractivity contribution is 7.23. The third-order valence-corrected chi connectivity index (χ3v) is 4.91. The number of rotatable bonds is 2. The fourth-order valence-corrected chi connectivity index (χ4v) is 3.62. The number of benzene rings is 1. The minimum Gasteiger partial charge on any atom is -0.143 e. The third kappa shape index (κ3) is 2.11. The Morgan fingerprint density at radius 1 is 0.833 bits per heavy atom. The second-order valence-corrected chi connectivity index (χ2v) is 5.89. The maximum Gasteiger partial charge on any atom is 0.0449 e. The standard InChI is InChI=1S/C16H10S2/c1-2-12-5-7-13(8-6-12)14-9-10-16(18-14)15-4-3-11-17-15/h1,3-11H. The molecule has 0 radical (unpaired) electrons. The van der Waals surface area contributed by atoms with E-state index in [1.54, 1.807) is 11.3 Å². The molecule has 0 bridgehead atoms. The van der Waals surface area contributed by atoms with E-state index in [2.05, 4.69) is 47.7 Å². The highest BCUT2D eigenvalue weighted by Crippen LogP contribution is 2.36. The van der Waals surface area contributed by atoms with E-state index in [0.29, 0.717) is 0 Å². The summed E-state index contributed by atoms with van der Waals surface area (Å²) in [6, 6.07) is 16.7. The van der Waals surface area contributed by atoms with Gasteiger partial charge in [-0.1, -0.05) is 24.1 Å². The minimum atomic E-state index is 0.925. The molecule has 86 valence electrons. The van der Waals surface area contributed by atoms with Crippen LogP contribution in [0.3, 0.4) is 0 Å². The molecule has 3 rings (SSSR count). The van der Waals surface area contributed by atoms with Crippen molar-refractivity contribution in [3.63, 3.8) is 0 Å². The Kier molecular flexibility index (Phi) is 3.02. The molecule has 0 fully saturated rings. The fraction of sp³-hybridized carbons (Fsp3) is 0. The molecule has 0 saturated carbocycles. The first-order valence-corrected chi connectivity index (χ1v) is 7.27. The van der Waals surface area contributed by atoms with Gasteiger partial charge in [-0.15, -0.1) is 29.1 Å². The van der Waals surface area contributed by atoms with Crippen molar-refractivity contribution in [1.29, 1.82) is 0 Å². The van der Waals surface area contributed by atoms with Gasteiger partial charge in [0.05, 0.1) is 0 Å². The zero-order chi connectivity index (χ0) is 12.4. The summed E-state index contributed by atoms with van der Waals surface area (Å²) < 4.78 is 0. The molecule has 3 aromatic rings. The normalized spacial score (nSPS) is 10.2. The second-order valence-electron chi connectivity index (χ2n) is 3.86. The summed E-state index contributed by atoms with van der Waals surface area (Å²) in [4.78, 5) is 3.93. The number of terminal acetylenes is 1. The molecule has 2 heteroatoms. The van der Waals surface area contributed by atoms with Gasteiger partial charge in [0.15, 0.2) is 0 Å². The summed E-state index contributed by atoms with van der Waals surface area (Å²) in [5.74, 6) is 2.64. The molecule has 0 nitrogen and oxygen atoms in total. The average molecular weight is 266 g/mol. The smallest absolute Gasteiger partial charge is 0.0449 e. The van der Waals surface area contributed by atoms with Crippen molar-refractivity contribution in [1.82, 2.24) is 0 Å². The van der Waals surface area contributed by atoms with Gasteiger partial charge in [-0.2, -0.15) is 0 Å². The predicted octanol–water partition coefficient (Wildman–Crippen LogP) is 5.12. The van der Waals surface area contributed by atoms with Crippen LogP contribution in [-0.4, -0.2) is 0 Å². The molecule has 0 atom stereocenters. The molecule has 2 heterocycles. The quantitative estimate of drug-likeness (QED) is 0.564. The molecule has 0 amide bonds. The lowest BCUT2D eigenvalue weighted by molar-refractivity contribution is 1.64. The highest BCUT2D eigenvalue weighted by atomic mass is 32.1. The van der Waals surface area contributed by atoms with Crippen LogP contribution >= 0.6 is 22.7 Å². The molecule has 0 saturated heterocycles. The van der Waals surface area contributed by atoms with E-state index in [1.165, 1.54) is 20.2 Å². The number of thiophene rings is 2. The highest BCUT2D eigenvalue weighted by Gasteiger charge is 2.05. The zero-order valence-electron chi connectivity index (χ0n) is 9.59. The SMILES string of the molecule is C#Cc1ccc(-c2ccc(-c3cccs3)s2)cc1. The summed E-state index contributed by atoms with van der Waals surface area (Å²) in [5, 5.41) is 2.11. The first kappa shape index (κ1) is 11.3. The average Bonchev–Trinajstić information content (AvgIpc) is 3.09. The van der Waals surface area contributed by atoms with Gasteiger partial charge in [0.1, 0.15) is 0 Å². The summed E-state index contributed by atoms with van der Waals surface area (Å²) >= 11 is 3.59. The van der Waals surface area contributed by atoms with Crippen LogP contribution in [-0.2, 0) is 0 Å². The second kappa shape index (κ2) is 4.81. The zero-order valence-corrected chi connectivity index (χ0v) is 11.2. The molecule has 0 aliphatic heterocycles. The Bertz CT molecular complexity index is 680. The largest absolute Gasteiger partial charge is 0.143 e. The van der Waals surface area contributed by atoms with Crippen molar-refractivity contribution in [3.8, 4) is 32.5 Å². The van der Waals surface area contributed by atoms with E-state index < -0.39 is 0 Å². The van der Waals surface area contributed by atoms with Crippen molar-refractivity contribution in [2.75, 3.05) is 0 Å². The molecular weight excluding hydrogens is 256 g/mol. The van der Waals surface area contributed by atoms with Gasteiger partial charge in [-0.3, -0.25) is 0 Å². The topological polar surface area (TPSA) is 0 Å². The van der Waals surface area contributed by atoms with Crippen LogP contribution in [0.4, 0.5) is 0 Å². The Balaban J connectivity index is 1.95. The van der Waals surface area contributed by atoms with Gasteiger partial charge in [0.2, 0.25) is 0 Å². The van der Waals surface area contributed by atoms with Crippen LogP contribution in [0.2, 0.25) is 0 Å². The first-order chi connectivity index (χ1) is 8.86. The Morgan fingerprint density at radius 3 is 2.28 bits per heavy atom. The predicted molar refractivity (Wildman–Crippen MR) is 81.0 cm³/mol. The van der Waals surface area contributed by atoms with Crippen molar-refractivity contribution in [3.05, 3.63) is 59.5 Å². The van der Waals surface area contributed by atoms with Gasteiger partial charge in [-0.05, 0) is 41.3 Å². The van der Waals surface area contributed by atoms with Crippen LogP contribution in [0.15, 0.2) is 53.9 Å². The maximum absolute atomic E-state index is 5.36. The lowest BCUT2D eigenvalue weighted by Gasteiger charge is -1.97. The summed E-state index contributed by atoms with van der Waals surface area (Å²) in [6.45, 7) is 0. The lowest BCUT2D eigenvalue weighted by Crippen LogP contribution is -1.74. The maximum atomic E-state index is 5.36. The van der Waals surface area contributed by atoms with Gasteiger partial charge >= 0.3 is 0 Å². The molecule has 0 aliphatic rings. The van der Waals surface area contributed by atoms with Gasteiger partial charge < -0.3 is 0 Å². The molecule has 0 spiro atoms. The molecule has 0 N–H and O–H groups in total. The van der Waals surface area contributed by atoms with Crippen LogP contribution in [0.5, 0.6) is 0 Å². The van der Waals surface area contributed by atoms with E-state index >= 15 is 0 Å². The van der Waals surface area contributed by atoms with E-state index in [-0.39, 0.29) is 0 Å². The van der Waals surface area contributed by atoms with Gasteiger partial charge in [0, 0.05) is 20.2 Å². The number of hydrogen-bond donors (Lipinski definition) is 0. The Labute approximate surface area is 115 Å². The Morgan fingerprint density at radius 2 is 1.61 bits per heavy atom. The molecule has 0 unspecified atom stereocenters. The van der Waals surface area contributed by atoms with E-state index in [1.807, 2.05) is 23.5 Å².